The SMILES string of the molecule is CCOC(=O)c1c(C)[nH]c(C(=O)N2CCCC2c2ccc(C(N)=O)s2)c1C. The fourth-order valence-electron chi connectivity index (χ4n) is 3.59. The zero-order valence-corrected chi connectivity index (χ0v) is 16.4. The van der Waals surface area contributed by atoms with Crippen LogP contribution < -0.4 is 5.73 Å². The quantitative estimate of drug-likeness (QED) is 0.767. The molecule has 8 heteroatoms. The van der Waals surface area contributed by atoms with Crippen LogP contribution in [-0.4, -0.2) is 40.8 Å². The summed E-state index contributed by atoms with van der Waals surface area (Å²) in [7, 11) is 0. The Kier molecular flexibility index (Phi) is 5.36. The summed E-state index contributed by atoms with van der Waals surface area (Å²) >= 11 is 1.33. The Hall–Kier alpha value is -2.61. The molecule has 0 radical (unpaired) electrons. The summed E-state index contributed by atoms with van der Waals surface area (Å²) in [5.41, 5.74) is 7.40. The summed E-state index contributed by atoms with van der Waals surface area (Å²) in [6.45, 7) is 6.16. The van der Waals surface area contributed by atoms with Gasteiger partial charge in [-0.2, -0.15) is 0 Å². The minimum absolute atomic E-state index is 0.0929. The largest absolute Gasteiger partial charge is 0.462 e. The molecule has 3 N–H and O–H groups in total. The van der Waals surface area contributed by atoms with Gasteiger partial charge in [0, 0.05) is 17.1 Å². The number of nitrogens with two attached hydrogens (primary N) is 1. The number of primary amides is 1. The molecular formula is C19H23N3O4S. The summed E-state index contributed by atoms with van der Waals surface area (Å²) in [5, 5.41) is 0. The number of nitrogens with one attached hydrogen (secondary N) is 1. The zero-order valence-electron chi connectivity index (χ0n) is 15.6. The predicted octanol–water partition coefficient (Wildman–Crippen LogP) is 2.95. The Balaban J connectivity index is 1.89. The molecule has 0 spiro atoms. The van der Waals surface area contributed by atoms with Crippen molar-refractivity contribution < 1.29 is 19.1 Å². The number of ether oxygens (including phenoxy) is 1. The number of hydrogen-bond donors (Lipinski definition) is 2. The van der Waals surface area contributed by atoms with Gasteiger partial charge in [0.25, 0.3) is 11.8 Å². The third-order valence-corrected chi connectivity index (χ3v) is 6.04. The lowest BCUT2D eigenvalue weighted by molar-refractivity contribution is 0.0524. The van der Waals surface area contributed by atoms with Crippen LogP contribution in [0.25, 0.3) is 0 Å². The average Bonchev–Trinajstić information content (AvgIpc) is 3.32. The van der Waals surface area contributed by atoms with Crippen LogP contribution in [0.15, 0.2) is 12.1 Å². The number of likely N-dealkylation sites (tertiary alicyclic amines) is 1. The van der Waals surface area contributed by atoms with Gasteiger partial charge in [-0.1, -0.05) is 0 Å². The van der Waals surface area contributed by atoms with Gasteiger partial charge < -0.3 is 20.4 Å². The Bertz CT molecular complexity index is 899. The number of H-pyrrole nitrogens is 1. The van der Waals surface area contributed by atoms with E-state index in [0.29, 0.717) is 33.9 Å². The number of esters is 1. The van der Waals surface area contributed by atoms with Crippen molar-refractivity contribution in [3.05, 3.63) is 44.4 Å². The molecule has 0 bridgehead atoms. The molecule has 2 amide bonds. The van der Waals surface area contributed by atoms with Gasteiger partial charge in [0.2, 0.25) is 0 Å². The lowest BCUT2D eigenvalue weighted by Gasteiger charge is -2.23. The minimum atomic E-state index is -0.461. The van der Waals surface area contributed by atoms with Gasteiger partial charge in [0.1, 0.15) is 5.69 Å². The van der Waals surface area contributed by atoms with E-state index < -0.39 is 11.9 Å². The summed E-state index contributed by atoms with van der Waals surface area (Å²) in [6.07, 6.45) is 1.71. The van der Waals surface area contributed by atoms with Crippen molar-refractivity contribution in [1.29, 1.82) is 0 Å². The maximum absolute atomic E-state index is 13.2. The van der Waals surface area contributed by atoms with Gasteiger partial charge in [0.15, 0.2) is 0 Å². The predicted molar refractivity (Wildman–Crippen MR) is 102 cm³/mol. The summed E-state index contributed by atoms with van der Waals surface area (Å²) < 4.78 is 5.10. The van der Waals surface area contributed by atoms with Gasteiger partial charge in [0.05, 0.1) is 23.1 Å². The number of aryl methyl sites for hydroxylation is 1. The molecule has 1 aliphatic heterocycles. The molecule has 1 aliphatic rings. The van der Waals surface area contributed by atoms with Crippen molar-refractivity contribution in [2.75, 3.05) is 13.2 Å². The molecule has 0 saturated carbocycles. The number of carbonyl (C=O) groups is 3. The molecule has 7 nitrogen and oxygen atoms in total. The highest BCUT2D eigenvalue weighted by molar-refractivity contribution is 7.14. The van der Waals surface area contributed by atoms with E-state index in [1.165, 1.54) is 11.3 Å². The molecule has 3 heterocycles. The summed E-state index contributed by atoms with van der Waals surface area (Å²) in [4.78, 5) is 43.0. The smallest absolute Gasteiger partial charge is 0.340 e. The van der Waals surface area contributed by atoms with Crippen LogP contribution in [0.1, 0.15) is 72.5 Å². The first-order valence-corrected chi connectivity index (χ1v) is 9.73. The summed E-state index contributed by atoms with van der Waals surface area (Å²) in [5.74, 6) is -1.04. The van der Waals surface area contributed by atoms with Crippen molar-refractivity contribution in [2.24, 2.45) is 5.73 Å². The Labute approximate surface area is 161 Å². The molecule has 3 rings (SSSR count). The van der Waals surface area contributed by atoms with Crippen LogP contribution in [0.5, 0.6) is 0 Å². The highest BCUT2D eigenvalue weighted by Crippen LogP contribution is 2.37. The normalized spacial score (nSPS) is 16.6. The molecule has 1 fully saturated rings. The highest BCUT2D eigenvalue weighted by Gasteiger charge is 2.34. The van der Waals surface area contributed by atoms with Crippen LogP contribution in [0.4, 0.5) is 0 Å². The number of aromatic amines is 1. The monoisotopic (exact) mass is 389 g/mol. The van der Waals surface area contributed by atoms with Crippen molar-refractivity contribution in [2.45, 2.75) is 39.7 Å². The number of hydrogen-bond acceptors (Lipinski definition) is 5. The van der Waals surface area contributed by atoms with E-state index in [1.54, 1.807) is 31.7 Å². The van der Waals surface area contributed by atoms with Crippen molar-refractivity contribution in [3.8, 4) is 0 Å². The zero-order chi connectivity index (χ0) is 19.7. The number of nitrogens with zero attached hydrogens (tertiary/aromatic N) is 1. The van der Waals surface area contributed by atoms with Crippen LogP contribution in [0.3, 0.4) is 0 Å². The Morgan fingerprint density at radius 1 is 1.33 bits per heavy atom. The first-order valence-electron chi connectivity index (χ1n) is 8.91. The van der Waals surface area contributed by atoms with Gasteiger partial charge in [-0.15, -0.1) is 11.3 Å². The van der Waals surface area contributed by atoms with Crippen molar-refractivity contribution >= 4 is 29.1 Å². The highest BCUT2D eigenvalue weighted by atomic mass is 32.1. The molecule has 1 atom stereocenters. The molecule has 2 aromatic heterocycles. The molecule has 0 aliphatic carbocycles. The van der Waals surface area contributed by atoms with E-state index in [0.717, 1.165) is 17.7 Å². The molecular weight excluding hydrogens is 366 g/mol. The van der Waals surface area contributed by atoms with Gasteiger partial charge in [-0.3, -0.25) is 9.59 Å². The Morgan fingerprint density at radius 3 is 2.70 bits per heavy atom. The van der Waals surface area contributed by atoms with Crippen LogP contribution in [-0.2, 0) is 4.74 Å². The molecule has 2 aromatic rings. The molecule has 1 saturated heterocycles. The third-order valence-electron chi connectivity index (χ3n) is 4.84. The number of thiophene rings is 1. The second-order valence-electron chi connectivity index (χ2n) is 6.57. The maximum atomic E-state index is 13.2. The van der Waals surface area contributed by atoms with E-state index in [-0.39, 0.29) is 18.6 Å². The van der Waals surface area contributed by atoms with Gasteiger partial charge in [-0.25, -0.2) is 4.79 Å². The second kappa shape index (κ2) is 7.56. The number of rotatable bonds is 5. The maximum Gasteiger partial charge on any atom is 0.340 e. The standard InChI is InChI=1S/C19H23N3O4S/c1-4-26-19(25)15-10(2)16(21-11(15)3)18(24)22-9-5-6-12(22)13-7-8-14(27-13)17(20)23/h7-8,12,21H,4-6,9H2,1-3H3,(H2,20,23). The van der Waals surface area contributed by atoms with Crippen LogP contribution in [0.2, 0.25) is 0 Å². The number of carbonyl (C=O) groups excluding carboxylic acids is 3. The lowest BCUT2D eigenvalue weighted by Crippen LogP contribution is -2.31. The first-order chi connectivity index (χ1) is 12.8. The first kappa shape index (κ1) is 19.2. The molecule has 27 heavy (non-hydrogen) atoms. The molecule has 144 valence electrons. The van der Waals surface area contributed by atoms with E-state index >= 15 is 0 Å². The fourth-order valence-corrected chi connectivity index (χ4v) is 4.59. The van der Waals surface area contributed by atoms with E-state index in [1.807, 2.05) is 6.07 Å². The minimum Gasteiger partial charge on any atom is -0.462 e. The van der Waals surface area contributed by atoms with Gasteiger partial charge >= 0.3 is 5.97 Å². The van der Waals surface area contributed by atoms with E-state index in [9.17, 15) is 14.4 Å². The van der Waals surface area contributed by atoms with Crippen LogP contribution >= 0.6 is 11.3 Å². The second-order valence-corrected chi connectivity index (χ2v) is 7.68. The lowest BCUT2D eigenvalue weighted by atomic mass is 10.1. The average molecular weight is 389 g/mol. The summed E-state index contributed by atoms with van der Waals surface area (Å²) in [6, 6.07) is 3.47. The number of aromatic nitrogens is 1. The topological polar surface area (TPSA) is 105 Å². The Morgan fingerprint density at radius 2 is 2.07 bits per heavy atom. The van der Waals surface area contributed by atoms with Crippen molar-refractivity contribution in [3.63, 3.8) is 0 Å². The van der Waals surface area contributed by atoms with E-state index in [4.69, 9.17) is 10.5 Å². The van der Waals surface area contributed by atoms with Crippen LogP contribution in [0, 0.1) is 13.8 Å². The van der Waals surface area contributed by atoms with Crippen molar-refractivity contribution in [1.82, 2.24) is 9.88 Å². The molecule has 1 unspecified atom stereocenters. The molecule has 0 aromatic carbocycles. The van der Waals surface area contributed by atoms with Gasteiger partial charge in [-0.05, 0) is 51.3 Å². The third kappa shape index (κ3) is 3.49. The van der Waals surface area contributed by atoms with E-state index in [2.05, 4.69) is 4.98 Å². The fraction of sp³-hybridized carbons (Fsp3) is 0.421. The number of amides is 2.